The van der Waals surface area contributed by atoms with Crippen LogP contribution in [-0.4, -0.2) is 36.7 Å². The minimum absolute atomic E-state index is 0.0175. The average Bonchev–Trinajstić information content (AvgIpc) is 2.67. The maximum absolute atomic E-state index is 13.1. The predicted octanol–water partition coefficient (Wildman–Crippen LogP) is 4.52. The molecule has 5 heteroatoms. The third-order valence-corrected chi connectivity index (χ3v) is 6.59. The summed E-state index contributed by atoms with van der Waals surface area (Å²) < 4.78 is 6.01. The van der Waals surface area contributed by atoms with Gasteiger partial charge in [-0.05, 0) is 56.1 Å². The van der Waals surface area contributed by atoms with Gasteiger partial charge < -0.3 is 4.74 Å². The molecular weight excluding hydrogens is 332 g/mol. The number of carbonyl (C=O) groups is 1. The molecule has 4 heterocycles. The number of piperidine rings is 3. The van der Waals surface area contributed by atoms with Crippen LogP contribution >= 0.6 is 11.8 Å². The smallest absolute Gasteiger partial charge is 0.419 e. The van der Waals surface area contributed by atoms with Crippen LogP contribution < -0.4 is 4.90 Å². The van der Waals surface area contributed by atoms with Gasteiger partial charge in [-0.2, -0.15) is 0 Å². The Kier molecular flexibility index (Phi) is 3.71. The first-order chi connectivity index (χ1) is 12.3. The van der Waals surface area contributed by atoms with E-state index in [1.165, 1.54) is 0 Å². The highest BCUT2D eigenvalue weighted by molar-refractivity contribution is 7.99. The number of ether oxygens (including phenoxy) is 1. The second kappa shape index (κ2) is 6.07. The molecule has 2 aromatic rings. The molecular formula is C20H20N2O2S. The molecule has 1 atom stereocenters. The van der Waals surface area contributed by atoms with Crippen LogP contribution in [0.5, 0.6) is 0 Å². The zero-order chi connectivity index (χ0) is 16.8. The Morgan fingerprint density at radius 3 is 2.12 bits per heavy atom. The fourth-order valence-corrected chi connectivity index (χ4v) is 5.19. The summed E-state index contributed by atoms with van der Waals surface area (Å²) in [5, 5.41) is 0. The number of rotatable bonds is 1. The molecule has 4 aliphatic heterocycles. The Balaban J connectivity index is 1.47. The molecule has 2 bridgehead atoms. The maximum atomic E-state index is 13.1. The van der Waals surface area contributed by atoms with Gasteiger partial charge >= 0.3 is 6.09 Å². The fourth-order valence-electron chi connectivity index (χ4n) is 4.13. The van der Waals surface area contributed by atoms with Crippen LogP contribution in [0.15, 0.2) is 58.3 Å². The van der Waals surface area contributed by atoms with Crippen LogP contribution in [0.4, 0.5) is 16.2 Å². The van der Waals surface area contributed by atoms with Gasteiger partial charge in [-0.3, -0.25) is 4.90 Å². The zero-order valence-corrected chi connectivity index (χ0v) is 14.7. The standard InChI is InChI=1S/C20H20N2O2S/c23-20(24-17-13-21-11-9-14(17)10-12-21)22-15-5-1-3-7-18(15)25-19-8-4-2-6-16(19)22/h1-8,14,17H,9-13H2. The highest BCUT2D eigenvalue weighted by atomic mass is 32.2. The summed E-state index contributed by atoms with van der Waals surface area (Å²) >= 11 is 1.70. The van der Waals surface area contributed by atoms with Gasteiger partial charge in [0.2, 0.25) is 0 Å². The van der Waals surface area contributed by atoms with Gasteiger partial charge in [-0.15, -0.1) is 0 Å². The predicted molar refractivity (Wildman–Crippen MR) is 98.6 cm³/mol. The Bertz CT molecular complexity index is 771. The number of carbonyl (C=O) groups excluding carboxylic acids is 1. The lowest BCUT2D eigenvalue weighted by Gasteiger charge is -2.44. The molecule has 1 unspecified atom stereocenters. The molecule has 3 saturated heterocycles. The first-order valence-electron chi connectivity index (χ1n) is 8.88. The zero-order valence-electron chi connectivity index (χ0n) is 13.9. The second-order valence-corrected chi connectivity index (χ2v) is 8.02. The van der Waals surface area contributed by atoms with Crippen molar-refractivity contribution in [2.45, 2.75) is 28.7 Å². The number of hydrogen-bond acceptors (Lipinski definition) is 4. The molecule has 0 aromatic heterocycles. The van der Waals surface area contributed by atoms with Crippen LogP contribution in [0.3, 0.4) is 0 Å². The van der Waals surface area contributed by atoms with Gasteiger partial charge in [0, 0.05) is 16.3 Å². The molecule has 25 heavy (non-hydrogen) atoms. The Hall–Kier alpha value is -1.98. The quantitative estimate of drug-likeness (QED) is 0.755. The molecule has 6 rings (SSSR count). The normalized spacial score (nSPS) is 26.7. The topological polar surface area (TPSA) is 32.8 Å². The number of benzene rings is 2. The van der Waals surface area contributed by atoms with E-state index in [0.717, 1.165) is 53.6 Å². The van der Waals surface area contributed by atoms with E-state index < -0.39 is 0 Å². The number of fused-ring (bicyclic) bond motifs is 5. The third kappa shape index (κ3) is 2.62. The summed E-state index contributed by atoms with van der Waals surface area (Å²) in [6.07, 6.45) is 2.05. The molecule has 4 aliphatic rings. The monoisotopic (exact) mass is 352 g/mol. The van der Waals surface area contributed by atoms with Gasteiger partial charge in [-0.25, -0.2) is 9.69 Å². The van der Waals surface area contributed by atoms with Gasteiger partial charge in [0.15, 0.2) is 0 Å². The highest BCUT2D eigenvalue weighted by Crippen LogP contribution is 2.48. The Morgan fingerprint density at radius 2 is 1.56 bits per heavy atom. The van der Waals surface area contributed by atoms with Crippen molar-refractivity contribution in [2.75, 3.05) is 24.5 Å². The van der Waals surface area contributed by atoms with Crippen molar-refractivity contribution in [1.29, 1.82) is 0 Å². The minimum Gasteiger partial charge on any atom is -0.444 e. The maximum Gasteiger partial charge on any atom is 0.419 e. The van der Waals surface area contributed by atoms with Crippen molar-refractivity contribution in [2.24, 2.45) is 5.92 Å². The van der Waals surface area contributed by atoms with E-state index in [1.54, 1.807) is 16.7 Å². The van der Waals surface area contributed by atoms with E-state index in [0.29, 0.717) is 5.92 Å². The summed E-state index contributed by atoms with van der Waals surface area (Å²) in [5.41, 5.74) is 1.83. The molecule has 0 saturated carbocycles. The molecule has 4 nitrogen and oxygen atoms in total. The number of amides is 1. The van der Waals surface area contributed by atoms with Crippen molar-refractivity contribution in [3.05, 3.63) is 48.5 Å². The molecule has 3 fully saturated rings. The first kappa shape index (κ1) is 15.3. The van der Waals surface area contributed by atoms with Crippen molar-refractivity contribution < 1.29 is 9.53 Å². The highest BCUT2D eigenvalue weighted by Gasteiger charge is 2.38. The summed E-state index contributed by atoms with van der Waals surface area (Å²) in [4.78, 5) is 19.5. The fraction of sp³-hybridized carbons (Fsp3) is 0.350. The molecule has 2 aromatic carbocycles. The molecule has 0 N–H and O–H groups in total. The Morgan fingerprint density at radius 1 is 0.960 bits per heavy atom. The molecule has 0 spiro atoms. The van der Waals surface area contributed by atoms with Crippen LogP contribution in [-0.2, 0) is 4.74 Å². The van der Waals surface area contributed by atoms with E-state index in [2.05, 4.69) is 17.0 Å². The van der Waals surface area contributed by atoms with Crippen molar-refractivity contribution in [1.82, 2.24) is 4.90 Å². The third-order valence-electron chi connectivity index (χ3n) is 5.46. The minimum atomic E-state index is -0.251. The SMILES string of the molecule is O=C(OC1CN2CCC1CC2)N1c2ccccc2Sc2ccccc21. The van der Waals surface area contributed by atoms with Crippen LogP contribution in [0.2, 0.25) is 0 Å². The van der Waals surface area contributed by atoms with Gasteiger partial charge in [0.1, 0.15) is 6.10 Å². The molecule has 128 valence electrons. The van der Waals surface area contributed by atoms with Crippen LogP contribution in [0.1, 0.15) is 12.8 Å². The summed E-state index contributed by atoms with van der Waals surface area (Å²) in [6.45, 7) is 3.16. The molecule has 0 radical (unpaired) electrons. The van der Waals surface area contributed by atoms with E-state index in [-0.39, 0.29) is 12.2 Å². The van der Waals surface area contributed by atoms with Gasteiger partial charge in [0.05, 0.1) is 11.4 Å². The molecule has 0 aliphatic carbocycles. The lowest BCUT2D eigenvalue weighted by atomic mass is 9.86. The van der Waals surface area contributed by atoms with Crippen molar-refractivity contribution in [3.8, 4) is 0 Å². The summed E-state index contributed by atoms with van der Waals surface area (Å²) in [6, 6.07) is 16.1. The molecule has 1 amide bonds. The average molecular weight is 352 g/mol. The summed E-state index contributed by atoms with van der Waals surface area (Å²) in [5.74, 6) is 0.513. The number of hydrogen-bond donors (Lipinski definition) is 0. The Labute approximate surface area is 151 Å². The van der Waals surface area contributed by atoms with E-state index in [4.69, 9.17) is 4.74 Å². The van der Waals surface area contributed by atoms with Gasteiger partial charge in [0.25, 0.3) is 0 Å². The van der Waals surface area contributed by atoms with Crippen molar-refractivity contribution >= 4 is 29.2 Å². The van der Waals surface area contributed by atoms with E-state index >= 15 is 0 Å². The summed E-state index contributed by atoms with van der Waals surface area (Å²) in [7, 11) is 0. The second-order valence-electron chi connectivity index (χ2n) is 6.93. The van der Waals surface area contributed by atoms with Crippen LogP contribution in [0, 0.1) is 5.92 Å². The van der Waals surface area contributed by atoms with E-state index in [1.807, 2.05) is 36.4 Å². The van der Waals surface area contributed by atoms with Crippen molar-refractivity contribution in [3.63, 3.8) is 0 Å². The number of nitrogens with zero attached hydrogens (tertiary/aromatic N) is 2. The van der Waals surface area contributed by atoms with E-state index in [9.17, 15) is 4.79 Å². The lowest BCUT2D eigenvalue weighted by molar-refractivity contribution is -0.0304. The first-order valence-corrected chi connectivity index (χ1v) is 9.70. The van der Waals surface area contributed by atoms with Crippen LogP contribution in [0.25, 0.3) is 0 Å². The largest absolute Gasteiger partial charge is 0.444 e. The number of anilines is 2. The number of para-hydroxylation sites is 2. The lowest BCUT2D eigenvalue weighted by Crippen LogP contribution is -2.52. The van der Waals surface area contributed by atoms with Gasteiger partial charge in [-0.1, -0.05) is 36.0 Å².